The number of rotatable bonds is 5. The van der Waals surface area contributed by atoms with Crippen LogP contribution < -0.4 is 11.1 Å². The molecule has 0 aromatic heterocycles. The zero-order valence-electron chi connectivity index (χ0n) is 14.5. The normalized spacial score (nSPS) is 12.3. The number of benzene rings is 2. The fraction of sp³-hybridized carbons (Fsp3) is 0.263. The summed E-state index contributed by atoms with van der Waals surface area (Å²) in [4.78, 5) is 23.6. The van der Waals surface area contributed by atoms with Crippen molar-refractivity contribution < 1.29 is 27.5 Å². The molecule has 2 rings (SSSR count). The highest BCUT2D eigenvalue weighted by molar-refractivity contribution is 6.32. The highest BCUT2D eigenvalue weighted by Crippen LogP contribution is 2.30. The predicted octanol–water partition coefficient (Wildman–Crippen LogP) is 3.25. The van der Waals surface area contributed by atoms with Gasteiger partial charge in [-0.15, -0.1) is 0 Å². The number of alkyl halides is 3. The maximum absolute atomic E-state index is 12.8. The van der Waals surface area contributed by atoms with Gasteiger partial charge in [-0.25, -0.2) is 4.79 Å². The molecule has 0 aliphatic heterocycles. The summed E-state index contributed by atoms with van der Waals surface area (Å²) in [7, 11) is 0. The summed E-state index contributed by atoms with van der Waals surface area (Å²) < 4.78 is 42.9. The Hall–Kier alpha value is -3.03. The van der Waals surface area contributed by atoms with Crippen molar-refractivity contribution in [3.05, 3.63) is 65.2 Å². The molecule has 0 radical (unpaired) electrons. The third-order valence-electron chi connectivity index (χ3n) is 3.83. The molecule has 144 valence electrons. The fourth-order valence-electron chi connectivity index (χ4n) is 2.46. The van der Waals surface area contributed by atoms with Gasteiger partial charge in [0, 0.05) is 5.69 Å². The first-order valence-electron chi connectivity index (χ1n) is 8.20. The molecule has 0 aliphatic rings. The zero-order chi connectivity index (χ0) is 20.0. The summed E-state index contributed by atoms with van der Waals surface area (Å²) in [6.07, 6.45) is -4.20. The number of ether oxygens (including phenoxy) is 1. The number of nitrogens with one attached hydrogen (secondary N) is 1. The molecule has 0 heterocycles. The molecule has 1 unspecified atom stereocenters. The Morgan fingerprint density at radius 1 is 1.07 bits per heavy atom. The van der Waals surface area contributed by atoms with Crippen molar-refractivity contribution in [1.29, 1.82) is 0 Å². The minimum atomic E-state index is -4.46. The van der Waals surface area contributed by atoms with Crippen molar-refractivity contribution in [2.24, 2.45) is 0 Å². The maximum atomic E-state index is 12.8. The molecular weight excluding hydrogens is 361 g/mol. The second kappa shape index (κ2) is 8.57. The van der Waals surface area contributed by atoms with Crippen molar-refractivity contribution >= 4 is 17.6 Å². The lowest BCUT2D eigenvalue weighted by molar-refractivity contribution is -0.154. The van der Waals surface area contributed by atoms with E-state index in [4.69, 9.17) is 5.73 Å². The third-order valence-corrected chi connectivity index (χ3v) is 3.83. The van der Waals surface area contributed by atoms with Crippen LogP contribution in [0.5, 0.6) is 0 Å². The molecule has 2 aromatic rings. The molecule has 0 fully saturated rings. The smallest absolute Gasteiger partial charge is 0.416 e. The lowest BCUT2D eigenvalue weighted by atomic mass is 9.97. The van der Waals surface area contributed by atoms with Crippen LogP contribution in [0.15, 0.2) is 48.5 Å². The number of halogens is 3. The standard InChI is InChI=1S/C19H19F3N2O3/c1-2-27-18(26)17(25)24-16(11-12-3-9-15(23)10-4-12)13-5-7-14(8-6-13)19(20,21)22/h3-10,16H,2,11,23H2,1H3,(H,24,25). The van der Waals surface area contributed by atoms with Crippen LogP contribution in [0.2, 0.25) is 0 Å². The second-order valence-electron chi connectivity index (χ2n) is 5.81. The molecule has 0 bridgehead atoms. The van der Waals surface area contributed by atoms with E-state index in [2.05, 4.69) is 10.1 Å². The van der Waals surface area contributed by atoms with Crippen LogP contribution in [0.1, 0.15) is 29.7 Å². The monoisotopic (exact) mass is 380 g/mol. The van der Waals surface area contributed by atoms with Gasteiger partial charge in [-0.05, 0) is 48.7 Å². The van der Waals surface area contributed by atoms with E-state index in [1.54, 1.807) is 31.2 Å². The van der Waals surface area contributed by atoms with Gasteiger partial charge < -0.3 is 15.8 Å². The zero-order valence-corrected chi connectivity index (χ0v) is 14.5. The van der Waals surface area contributed by atoms with E-state index >= 15 is 0 Å². The number of esters is 1. The van der Waals surface area contributed by atoms with Gasteiger partial charge in [0.25, 0.3) is 0 Å². The average Bonchev–Trinajstić information content (AvgIpc) is 2.62. The number of nitrogen functional groups attached to an aromatic ring is 1. The molecule has 5 nitrogen and oxygen atoms in total. The van der Waals surface area contributed by atoms with E-state index in [0.29, 0.717) is 11.3 Å². The van der Waals surface area contributed by atoms with Gasteiger partial charge in [0.05, 0.1) is 18.2 Å². The van der Waals surface area contributed by atoms with E-state index < -0.39 is 29.7 Å². The summed E-state index contributed by atoms with van der Waals surface area (Å²) >= 11 is 0. The Balaban J connectivity index is 2.26. The van der Waals surface area contributed by atoms with Crippen LogP contribution in [0, 0.1) is 0 Å². The third kappa shape index (κ3) is 5.73. The molecule has 27 heavy (non-hydrogen) atoms. The Morgan fingerprint density at radius 3 is 2.19 bits per heavy atom. The summed E-state index contributed by atoms with van der Waals surface area (Å²) in [5, 5.41) is 2.51. The summed E-state index contributed by atoms with van der Waals surface area (Å²) in [6, 6.07) is 10.5. The SMILES string of the molecule is CCOC(=O)C(=O)NC(Cc1ccc(N)cc1)c1ccc(C(F)(F)F)cc1. The number of hydrogen-bond donors (Lipinski definition) is 2. The van der Waals surface area contributed by atoms with Gasteiger partial charge in [0.2, 0.25) is 0 Å². The van der Waals surface area contributed by atoms with E-state index in [1.165, 1.54) is 12.1 Å². The maximum Gasteiger partial charge on any atom is 0.416 e. The molecule has 0 aliphatic carbocycles. The molecule has 1 atom stereocenters. The molecule has 0 saturated heterocycles. The van der Waals surface area contributed by atoms with E-state index in [9.17, 15) is 22.8 Å². The lowest BCUT2D eigenvalue weighted by Gasteiger charge is -2.20. The summed E-state index contributed by atoms with van der Waals surface area (Å²) in [6.45, 7) is 1.60. The van der Waals surface area contributed by atoms with Crippen molar-refractivity contribution in [1.82, 2.24) is 5.32 Å². The average molecular weight is 380 g/mol. The molecule has 8 heteroatoms. The van der Waals surface area contributed by atoms with Gasteiger partial charge in [0.1, 0.15) is 0 Å². The Bertz CT molecular complexity index is 787. The van der Waals surface area contributed by atoms with Crippen molar-refractivity contribution in [3.63, 3.8) is 0 Å². The van der Waals surface area contributed by atoms with Crippen LogP contribution in [0.4, 0.5) is 18.9 Å². The van der Waals surface area contributed by atoms with Crippen molar-refractivity contribution in [2.75, 3.05) is 12.3 Å². The van der Waals surface area contributed by atoms with Crippen LogP contribution in [0.25, 0.3) is 0 Å². The first-order chi connectivity index (χ1) is 12.7. The van der Waals surface area contributed by atoms with Gasteiger partial charge in [-0.2, -0.15) is 13.2 Å². The first-order valence-corrected chi connectivity index (χ1v) is 8.20. The van der Waals surface area contributed by atoms with Gasteiger partial charge in [-0.1, -0.05) is 24.3 Å². The molecule has 1 amide bonds. The highest BCUT2D eigenvalue weighted by Gasteiger charge is 2.30. The van der Waals surface area contributed by atoms with Gasteiger partial charge >= 0.3 is 18.1 Å². The minimum absolute atomic E-state index is 0.0369. The number of amides is 1. The Morgan fingerprint density at radius 2 is 1.67 bits per heavy atom. The summed E-state index contributed by atoms with van der Waals surface area (Å²) in [5.74, 6) is -2.01. The molecule has 3 N–H and O–H groups in total. The molecular formula is C19H19F3N2O3. The van der Waals surface area contributed by atoms with E-state index in [0.717, 1.165) is 17.7 Å². The quantitative estimate of drug-likeness (QED) is 0.474. The van der Waals surface area contributed by atoms with Crippen LogP contribution in [-0.4, -0.2) is 18.5 Å². The second-order valence-corrected chi connectivity index (χ2v) is 5.81. The topological polar surface area (TPSA) is 81.4 Å². The van der Waals surface area contributed by atoms with Crippen LogP contribution in [0.3, 0.4) is 0 Å². The molecule has 2 aromatic carbocycles. The number of carbonyl (C=O) groups is 2. The largest absolute Gasteiger partial charge is 0.459 e. The molecule has 0 saturated carbocycles. The molecule has 0 spiro atoms. The number of nitrogens with two attached hydrogens (primary N) is 1. The lowest BCUT2D eigenvalue weighted by Crippen LogP contribution is -2.36. The number of hydrogen-bond acceptors (Lipinski definition) is 4. The van der Waals surface area contributed by atoms with Crippen LogP contribution in [-0.2, 0) is 26.9 Å². The highest BCUT2D eigenvalue weighted by atomic mass is 19.4. The Labute approximate surface area is 154 Å². The summed E-state index contributed by atoms with van der Waals surface area (Å²) in [5.41, 5.74) is 6.62. The van der Waals surface area contributed by atoms with Crippen molar-refractivity contribution in [2.45, 2.75) is 25.6 Å². The van der Waals surface area contributed by atoms with E-state index in [-0.39, 0.29) is 13.0 Å². The number of anilines is 1. The van der Waals surface area contributed by atoms with Gasteiger partial charge in [0.15, 0.2) is 0 Å². The fourth-order valence-corrected chi connectivity index (χ4v) is 2.46. The van der Waals surface area contributed by atoms with Gasteiger partial charge in [-0.3, -0.25) is 4.79 Å². The number of carbonyl (C=O) groups excluding carboxylic acids is 2. The minimum Gasteiger partial charge on any atom is -0.459 e. The Kier molecular flexibility index (Phi) is 6.44. The van der Waals surface area contributed by atoms with Crippen LogP contribution >= 0.6 is 0 Å². The first kappa shape index (κ1) is 20.3. The predicted molar refractivity (Wildman–Crippen MR) is 93.5 cm³/mol. The van der Waals surface area contributed by atoms with Crippen molar-refractivity contribution in [3.8, 4) is 0 Å². The van der Waals surface area contributed by atoms with E-state index in [1.807, 2.05) is 0 Å².